The number of fused-ring (bicyclic) bond motifs is 1. The zero-order valence-electron chi connectivity index (χ0n) is 12.8. The van der Waals surface area contributed by atoms with Crippen molar-refractivity contribution in [3.63, 3.8) is 0 Å². The first-order valence-electron chi connectivity index (χ1n) is 7.27. The Balaban J connectivity index is 1.98. The molecule has 2 aromatic heterocycles. The Morgan fingerprint density at radius 3 is 2.87 bits per heavy atom. The maximum Gasteiger partial charge on any atom is 0.274 e. The molecule has 0 unspecified atom stereocenters. The number of imidazole rings is 1. The van der Waals surface area contributed by atoms with Crippen LogP contribution in [0.25, 0.3) is 5.65 Å². The number of carbonyl (C=O) groups excluding carboxylic acids is 1. The number of halogens is 1. The molecular formula is C17H16BrN3O2. The van der Waals surface area contributed by atoms with Crippen LogP contribution in [0.3, 0.4) is 0 Å². The number of ether oxygens (including phenoxy) is 1. The summed E-state index contributed by atoms with van der Waals surface area (Å²) in [6, 6.07) is 11.1. The minimum Gasteiger partial charge on any atom is -0.492 e. The zero-order chi connectivity index (χ0) is 16.4. The van der Waals surface area contributed by atoms with Gasteiger partial charge in [-0.05, 0) is 54.0 Å². The molecule has 0 saturated carbocycles. The van der Waals surface area contributed by atoms with E-state index in [0.29, 0.717) is 29.4 Å². The van der Waals surface area contributed by atoms with E-state index >= 15 is 0 Å². The Morgan fingerprint density at radius 2 is 2.09 bits per heavy atom. The second-order valence-corrected chi connectivity index (χ2v) is 5.92. The number of benzene rings is 1. The number of para-hydroxylation sites is 2. The molecule has 0 aliphatic carbocycles. The highest BCUT2D eigenvalue weighted by Crippen LogP contribution is 2.25. The highest BCUT2D eigenvalue weighted by atomic mass is 79.9. The summed E-state index contributed by atoms with van der Waals surface area (Å²) in [6.07, 6.45) is 1.83. The maximum absolute atomic E-state index is 12.7. The van der Waals surface area contributed by atoms with Gasteiger partial charge in [0.25, 0.3) is 5.91 Å². The molecule has 0 saturated heterocycles. The molecule has 5 nitrogen and oxygen atoms in total. The normalized spacial score (nSPS) is 10.7. The van der Waals surface area contributed by atoms with E-state index in [2.05, 4.69) is 26.2 Å². The molecule has 1 aromatic carbocycles. The van der Waals surface area contributed by atoms with Crippen LogP contribution >= 0.6 is 15.9 Å². The first kappa shape index (κ1) is 15.6. The molecule has 1 amide bonds. The first-order valence-corrected chi connectivity index (χ1v) is 8.07. The van der Waals surface area contributed by atoms with E-state index in [-0.39, 0.29) is 5.91 Å². The molecule has 0 atom stereocenters. The van der Waals surface area contributed by atoms with E-state index < -0.39 is 0 Å². The van der Waals surface area contributed by atoms with Crippen LogP contribution in [-0.4, -0.2) is 21.9 Å². The Bertz CT molecular complexity index is 873. The minimum atomic E-state index is -0.222. The molecule has 2 heterocycles. The Hall–Kier alpha value is -2.34. The number of rotatable bonds is 4. The molecule has 0 spiro atoms. The van der Waals surface area contributed by atoms with E-state index in [4.69, 9.17) is 4.74 Å². The zero-order valence-corrected chi connectivity index (χ0v) is 14.4. The Kier molecular flexibility index (Phi) is 4.34. The standard InChI is InChI=1S/C17H16BrN3O2/c1-3-23-14-7-5-4-6-13(14)20-17(22)16-11(2)19-15-9-8-12(18)10-21(15)16/h4-10H,3H2,1-2H3,(H,20,22). The maximum atomic E-state index is 12.7. The number of anilines is 1. The summed E-state index contributed by atoms with van der Waals surface area (Å²) in [5.74, 6) is 0.427. The lowest BCUT2D eigenvalue weighted by molar-refractivity contribution is 0.102. The number of pyridine rings is 1. The van der Waals surface area contributed by atoms with Gasteiger partial charge in [-0.25, -0.2) is 4.98 Å². The van der Waals surface area contributed by atoms with Crippen LogP contribution in [0.5, 0.6) is 5.75 Å². The molecule has 0 aliphatic rings. The number of aromatic nitrogens is 2. The van der Waals surface area contributed by atoms with E-state index in [9.17, 15) is 4.79 Å². The fourth-order valence-corrected chi connectivity index (χ4v) is 2.78. The molecule has 1 N–H and O–H groups in total. The van der Waals surface area contributed by atoms with Crippen molar-refractivity contribution in [2.24, 2.45) is 0 Å². The summed E-state index contributed by atoms with van der Waals surface area (Å²) in [6.45, 7) is 4.27. The van der Waals surface area contributed by atoms with Gasteiger partial charge in [-0.3, -0.25) is 9.20 Å². The fraction of sp³-hybridized carbons (Fsp3) is 0.176. The minimum absolute atomic E-state index is 0.222. The second-order valence-electron chi connectivity index (χ2n) is 5.00. The van der Waals surface area contributed by atoms with Crippen molar-refractivity contribution in [1.29, 1.82) is 0 Å². The average Bonchev–Trinajstić information content (AvgIpc) is 2.84. The quantitative estimate of drug-likeness (QED) is 0.750. The van der Waals surface area contributed by atoms with E-state index in [1.807, 2.05) is 56.4 Å². The highest BCUT2D eigenvalue weighted by Gasteiger charge is 2.18. The van der Waals surface area contributed by atoms with E-state index in [1.54, 1.807) is 4.40 Å². The molecular weight excluding hydrogens is 358 g/mol. The predicted molar refractivity (Wildman–Crippen MR) is 93.2 cm³/mol. The van der Waals surface area contributed by atoms with Crippen LogP contribution in [-0.2, 0) is 0 Å². The van der Waals surface area contributed by atoms with Gasteiger partial charge in [0.05, 0.1) is 18.0 Å². The van der Waals surface area contributed by atoms with Crippen molar-refractivity contribution in [3.8, 4) is 5.75 Å². The molecule has 0 aliphatic heterocycles. The summed E-state index contributed by atoms with van der Waals surface area (Å²) < 4.78 is 8.20. The van der Waals surface area contributed by atoms with Crippen LogP contribution in [0.2, 0.25) is 0 Å². The molecule has 118 valence electrons. The van der Waals surface area contributed by atoms with Gasteiger partial charge in [-0.15, -0.1) is 0 Å². The number of hydrogen-bond acceptors (Lipinski definition) is 3. The summed E-state index contributed by atoms with van der Waals surface area (Å²) >= 11 is 3.42. The second kappa shape index (κ2) is 6.42. The van der Waals surface area contributed by atoms with Crippen molar-refractivity contribution < 1.29 is 9.53 Å². The van der Waals surface area contributed by atoms with Gasteiger partial charge in [-0.1, -0.05) is 12.1 Å². The largest absolute Gasteiger partial charge is 0.492 e. The summed E-state index contributed by atoms with van der Waals surface area (Å²) in [5.41, 5.74) is 2.56. The number of aryl methyl sites for hydroxylation is 1. The topological polar surface area (TPSA) is 55.6 Å². The highest BCUT2D eigenvalue weighted by molar-refractivity contribution is 9.10. The van der Waals surface area contributed by atoms with Crippen LogP contribution in [0.4, 0.5) is 5.69 Å². The lowest BCUT2D eigenvalue weighted by Gasteiger charge is -2.11. The average molecular weight is 374 g/mol. The van der Waals surface area contributed by atoms with Crippen LogP contribution < -0.4 is 10.1 Å². The predicted octanol–water partition coefficient (Wildman–Crippen LogP) is 4.06. The lowest BCUT2D eigenvalue weighted by atomic mass is 10.2. The third-order valence-electron chi connectivity index (χ3n) is 3.41. The number of hydrogen-bond donors (Lipinski definition) is 1. The Morgan fingerprint density at radius 1 is 1.30 bits per heavy atom. The van der Waals surface area contributed by atoms with Gasteiger partial charge in [0.1, 0.15) is 17.1 Å². The van der Waals surface area contributed by atoms with Crippen molar-refractivity contribution in [2.45, 2.75) is 13.8 Å². The lowest BCUT2D eigenvalue weighted by Crippen LogP contribution is -2.16. The molecule has 0 radical (unpaired) electrons. The Labute approximate surface area is 142 Å². The van der Waals surface area contributed by atoms with Crippen LogP contribution in [0.1, 0.15) is 23.1 Å². The third-order valence-corrected chi connectivity index (χ3v) is 3.88. The van der Waals surface area contributed by atoms with E-state index in [1.165, 1.54) is 0 Å². The van der Waals surface area contributed by atoms with Gasteiger partial charge in [-0.2, -0.15) is 0 Å². The SMILES string of the molecule is CCOc1ccccc1NC(=O)c1c(C)nc2ccc(Br)cn12. The molecule has 3 aromatic rings. The van der Waals surface area contributed by atoms with Gasteiger partial charge < -0.3 is 10.1 Å². The van der Waals surface area contributed by atoms with Crippen molar-refractivity contribution in [1.82, 2.24) is 9.38 Å². The number of amides is 1. The third kappa shape index (κ3) is 3.07. The number of nitrogens with one attached hydrogen (secondary N) is 1. The van der Waals surface area contributed by atoms with Gasteiger partial charge >= 0.3 is 0 Å². The van der Waals surface area contributed by atoms with Crippen LogP contribution in [0.15, 0.2) is 47.1 Å². The van der Waals surface area contributed by atoms with Crippen molar-refractivity contribution in [3.05, 3.63) is 58.5 Å². The summed E-state index contributed by atoms with van der Waals surface area (Å²) in [7, 11) is 0. The number of carbonyl (C=O) groups is 1. The van der Waals surface area contributed by atoms with Gasteiger partial charge in [0, 0.05) is 10.7 Å². The molecule has 0 fully saturated rings. The molecule has 23 heavy (non-hydrogen) atoms. The summed E-state index contributed by atoms with van der Waals surface area (Å²) in [5, 5.41) is 2.91. The smallest absolute Gasteiger partial charge is 0.274 e. The summed E-state index contributed by atoms with van der Waals surface area (Å²) in [4.78, 5) is 17.2. The van der Waals surface area contributed by atoms with Crippen molar-refractivity contribution in [2.75, 3.05) is 11.9 Å². The van der Waals surface area contributed by atoms with Gasteiger partial charge in [0.2, 0.25) is 0 Å². The fourth-order valence-electron chi connectivity index (χ4n) is 2.44. The molecule has 6 heteroatoms. The van der Waals surface area contributed by atoms with Crippen molar-refractivity contribution >= 4 is 33.2 Å². The van der Waals surface area contributed by atoms with E-state index in [0.717, 1.165) is 10.1 Å². The molecule has 0 bridgehead atoms. The first-order chi connectivity index (χ1) is 11.1. The van der Waals surface area contributed by atoms with Gasteiger partial charge in [0.15, 0.2) is 0 Å². The van der Waals surface area contributed by atoms with Crippen LogP contribution in [0, 0.1) is 6.92 Å². The molecule has 3 rings (SSSR count). The number of nitrogens with zero attached hydrogens (tertiary/aromatic N) is 2. The monoisotopic (exact) mass is 373 g/mol.